The van der Waals surface area contributed by atoms with Crippen LogP contribution in [0, 0.1) is 6.92 Å². The first-order chi connectivity index (χ1) is 13.2. The Morgan fingerprint density at radius 3 is 2.64 bits per heavy atom. The highest BCUT2D eigenvalue weighted by Crippen LogP contribution is 2.11. The van der Waals surface area contributed by atoms with E-state index in [-0.39, 0.29) is 24.0 Å². The Kier molecular flexibility index (Phi) is 12.3. The molecule has 1 aromatic heterocycles. The Balaban J connectivity index is 0.00000392. The van der Waals surface area contributed by atoms with Crippen molar-refractivity contribution < 1.29 is 4.74 Å². The fraction of sp³-hybridized carbons (Fsp3) is 0.550. The molecule has 1 heterocycles. The van der Waals surface area contributed by atoms with Gasteiger partial charge < -0.3 is 19.9 Å². The van der Waals surface area contributed by atoms with Crippen molar-refractivity contribution >= 4 is 29.9 Å². The summed E-state index contributed by atoms with van der Waals surface area (Å²) in [6.07, 6.45) is 4.64. The molecule has 0 saturated heterocycles. The van der Waals surface area contributed by atoms with E-state index >= 15 is 0 Å². The average Bonchev–Trinajstić information content (AvgIpc) is 3.13. The summed E-state index contributed by atoms with van der Waals surface area (Å²) in [5.74, 6) is 2.79. The highest BCUT2D eigenvalue weighted by Gasteiger charge is 2.02. The first kappa shape index (κ1) is 24.2. The van der Waals surface area contributed by atoms with Gasteiger partial charge in [-0.2, -0.15) is 0 Å². The van der Waals surface area contributed by atoms with Gasteiger partial charge in [-0.25, -0.2) is 0 Å². The Morgan fingerprint density at radius 1 is 1.14 bits per heavy atom. The molecule has 0 aliphatic rings. The van der Waals surface area contributed by atoms with Crippen molar-refractivity contribution in [1.82, 2.24) is 25.4 Å². The second-order valence-electron chi connectivity index (χ2n) is 6.35. The monoisotopic (exact) mass is 500 g/mol. The van der Waals surface area contributed by atoms with Gasteiger partial charge in [0.1, 0.15) is 17.9 Å². The van der Waals surface area contributed by atoms with Crippen LogP contribution in [0.15, 0.2) is 35.6 Å². The van der Waals surface area contributed by atoms with Gasteiger partial charge in [0.25, 0.3) is 0 Å². The number of aryl methyl sites for hydroxylation is 2. The fourth-order valence-corrected chi connectivity index (χ4v) is 2.61. The molecule has 0 aliphatic heterocycles. The summed E-state index contributed by atoms with van der Waals surface area (Å²) in [5, 5.41) is 14.7. The zero-order chi connectivity index (χ0) is 19.3. The molecule has 0 aliphatic carbocycles. The van der Waals surface area contributed by atoms with Gasteiger partial charge in [0.15, 0.2) is 5.96 Å². The fourth-order valence-electron chi connectivity index (χ4n) is 2.61. The van der Waals surface area contributed by atoms with Crippen LogP contribution in [0.3, 0.4) is 0 Å². The molecule has 8 heteroatoms. The molecule has 0 bridgehead atoms. The third-order valence-electron chi connectivity index (χ3n) is 4.11. The minimum Gasteiger partial charge on any atom is -0.494 e. The van der Waals surface area contributed by atoms with E-state index in [2.05, 4.69) is 63.3 Å². The lowest BCUT2D eigenvalue weighted by Gasteiger charge is -2.12. The van der Waals surface area contributed by atoms with Crippen LogP contribution in [0.2, 0.25) is 0 Å². The number of nitrogens with zero attached hydrogens (tertiary/aromatic N) is 4. The second kappa shape index (κ2) is 14.2. The summed E-state index contributed by atoms with van der Waals surface area (Å²) in [7, 11) is 0. The SMILES string of the molecule is CCNC(=NCCCCOc1ccc(C)cc1)NCCn1cnnc1CC.I. The third-order valence-corrected chi connectivity index (χ3v) is 4.11. The maximum Gasteiger partial charge on any atom is 0.191 e. The number of benzene rings is 1. The van der Waals surface area contributed by atoms with Gasteiger partial charge >= 0.3 is 0 Å². The number of nitrogens with one attached hydrogen (secondary N) is 2. The van der Waals surface area contributed by atoms with Crippen LogP contribution >= 0.6 is 24.0 Å². The van der Waals surface area contributed by atoms with E-state index in [0.29, 0.717) is 0 Å². The van der Waals surface area contributed by atoms with Gasteiger partial charge in [0, 0.05) is 32.6 Å². The number of ether oxygens (including phenoxy) is 1. The van der Waals surface area contributed by atoms with Crippen molar-refractivity contribution in [2.45, 2.75) is 46.6 Å². The standard InChI is InChI=1S/C20H32N6O.HI/c1-4-19-25-24-16-26(19)14-13-23-20(21-5-2)22-12-6-7-15-27-18-10-8-17(3)9-11-18;/h8-11,16H,4-7,12-15H2,1-3H3,(H2,21,22,23);1H. The summed E-state index contributed by atoms with van der Waals surface area (Å²) in [4.78, 5) is 4.63. The molecule has 0 radical (unpaired) electrons. The van der Waals surface area contributed by atoms with Crippen molar-refractivity contribution in [1.29, 1.82) is 0 Å². The summed E-state index contributed by atoms with van der Waals surface area (Å²) < 4.78 is 7.82. The number of aromatic nitrogens is 3. The van der Waals surface area contributed by atoms with Crippen LogP contribution in [0.5, 0.6) is 5.75 Å². The van der Waals surface area contributed by atoms with Gasteiger partial charge in [-0.05, 0) is 38.8 Å². The van der Waals surface area contributed by atoms with Gasteiger partial charge in [0.2, 0.25) is 0 Å². The molecule has 2 aromatic rings. The molecular weight excluding hydrogens is 467 g/mol. The number of aliphatic imine (C=N–C) groups is 1. The van der Waals surface area contributed by atoms with Crippen LogP contribution in [0.25, 0.3) is 0 Å². The average molecular weight is 500 g/mol. The van der Waals surface area contributed by atoms with Crippen molar-refractivity contribution in [2.75, 3.05) is 26.2 Å². The first-order valence-electron chi connectivity index (χ1n) is 9.81. The van der Waals surface area contributed by atoms with E-state index in [0.717, 1.165) is 69.6 Å². The second-order valence-corrected chi connectivity index (χ2v) is 6.35. The highest BCUT2D eigenvalue weighted by atomic mass is 127. The van der Waals surface area contributed by atoms with Crippen molar-refractivity contribution in [3.63, 3.8) is 0 Å². The lowest BCUT2D eigenvalue weighted by Crippen LogP contribution is -2.39. The number of hydrogen-bond donors (Lipinski definition) is 2. The lowest BCUT2D eigenvalue weighted by atomic mass is 10.2. The molecule has 1 aromatic carbocycles. The number of halogens is 1. The predicted octanol–water partition coefficient (Wildman–Crippen LogP) is 3.18. The topological polar surface area (TPSA) is 76.4 Å². The van der Waals surface area contributed by atoms with Crippen LogP contribution < -0.4 is 15.4 Å². The Hall–Kier alpha value is -1.84. The predicted molar refractivity (Wildman–Crippen MR) is 125 cm³/mol. The zero-order valence-electron chi connectivity index (χ0n) is 17.1. The molecule has 2 rings (SSSR count). The van der Waals surface area contributed by atoms with Gasteiger partial charge in [-0.3, -0.25) is 4.99 Å². The van der Waals surface area contributed by atoms with Crippen LogP contribution in [-0.4, -0.2) is 47.0 Å². The van der Waals surface area contributed by atoms with Crippen molar-refractivity contribution in [3.8, 4) is 5.75 Å². The highest BCUT2D eigenvalue weighted by molar-refractivity contribution is 14.0. The summed E-state index contributed by atoms with van der Waals surface area (Å²) in [6, 6.07) is 8.16. The smallest absolute Gasteiger partial charge is 0.191 e. The minimum atomic E-state index is 0. The molecule has 0 unspecified atom stereocenters. The Bertz CT molecular complexity index is 686. The largest absolute Gasteiger partial charge is 0.494 e. The molecule has 7 nitrogen and oxygen atoms in total. The van der Waals surface area contributed by atoms with Crippen LogP contribution in [0.4, 0.5) is 0 Å². The molecule has 0 fully saturated rings. The van der Waals surface area contributed by atoms with Crippen molar-refractivity contribution in [3.05, 3.63) is 42.0 Å². The molecule has 2 N–H and O–H groups in total. The van der Waals surface area contributed by atoms with Crippen LogP contribution in [-0.2, 0) is 13.0 Å². The number of guanidine groups is 1. The molecule has 0 amide bonds. The summed E-state index contributed by atoms with van der Waals surface area (Å²) >= 11 is 0. The lowest BCUT2D eigenvalue weighted by molar-refractivity contribution is 0.308. The molecule has 0 saturated carbocycles. The number of hydrogen-bond acceptors (Lipinski definition) is 4. The Morgan fingerprint density at radius 2 is 1.93 bits per heavy atom. The zero-order valence-corrected chi connectivity index (χ0v) is 19.5. The van der Waals surface area contributed by atoms with Crippen LogP contribution in [0.1, 0.15) is 38.1 Å². The molecule has 28 heavy (non-hydrogen) atoms. The molecular formula is C20H33IN6O. The van der Waals surface area contributed by atoms with Crippen molar-refractivity contribution in [2.24, 2.45) is 4.99 Å². The quantitative estimate of drug-likeness (QED) is 0.215. The van der Waals surface area contributed by atoms with E-state index in [9.17, 15) is 0 Å². The number of unbranched alkanes of at least 4 members (excludes halogenated alkanes) is 1. The van der Waals surface area contributed by atoms with E-state index in [1.165, 1.54) is 5.56 Å². The maximum absolute atomic E-state index is 5.75. The normalized spacial score (nSPS) is 11.0. The Labute approximate surface area is 185 Å². The minimum absolute atomic E-state index is 0. The van der Waals surface area contributed by atoms with E-state index in [1.807, 2.05) is 12.1 Å². The molecule has 0 spiro atoms. The van der Waals surface area contributed by atoms with E-state index < -0.39 is 0 Å². The van der Waals surface area contributed by atoms with E-state index in [4.69, 9.17) is 4.74 Å². The summed E-state index contributed by atoms with van der Waals surface area (Å²) in [5.41, 5.74) is 1.25. The molecule has 0 atom stereocenters. The van der Waals surface area contributed by atoms with E-state index in [1.54, 1.807) is 6.33 Å². The van der Waals surface area contributed by atoms with Gasteiger partial charge in [-0.1, -0.05) is 24.6 Å². The van der Waals surface area contributed by atoms with Gasteiger partial charge in [-0.15, -0.1) is 34.2 Å². The third kappa shape index (κ3) is 8.90. The molecule has 156 valence electrons. The van der Waals surface area contributed by atoms with Gasteiger partial charge in [0.05, 0.1) is 6.61 Å². The first-order valence-corrected chi connectivity index (χ1v) is 9.81. The number of rotatable bonds is 11. The maximum atomic E-state index is 5.75. The summed E-state index contributed by atoms with van der Waals surface area (Å²) in [6.45, 7) is 10.2.